The fraction of sp³-hybridized carbons (Fsp3) is 0.679. The number of nitrogens with one attached hydrogen (secondary N) is 1. The Hall–Kier alpha value is -2.32. The van der Waals surface area contributed by atoms with Crippen molar-refractivity contribution < 1.29 is 24.2 Å². The van der Waals surface area contributed by atoms with Gasteiger partial charge in [-0.15, -0.1) is 0 Å². The maximum Gasteiger partial charge on any atom is 0.410 e. The molecule has 2 aliphatic heterocycles. The third-order valence-corrected chi connectivity index (χ3v) is 7.78. The van der Waals surface area contributed by atoms with E-state index >= 15 is 0 Å². The van der Waals surface area contributed by atoms with Crippen molar-refractivity contribution in [2.24, 2.45) is 17.3 Å². The van der Waals surface area contributed by atoms with Crippen molar-refractivity contribution in [1.82, 2.24) is 15.1 Å². The fourth-order valence-corrected chi connectivity index (χ4v) is 5.34. The molecule has 2 fully saturated rings. The number of hydrogen-bond acceptors (Lipinski definition) is 5. The standard InChI is InChI=1S/C28H42ClN3O5/c1-18(2)22(30-23(33)19-12-14-31(16-19)25(35)37-26(3,4)5)24(34)32-15-13-28(36,27(6,7)17-32)20-8-10-21(29)11-9-20/h8-11,18-19,22,36H,12-17H2,1-7H3,(H,30,33)/t19-,22-,28+/m1/s1. The lowest BCUT2D eigenvalue weighted by molar-refractivity contribution is -0.157. The molecule has 0 aliphatic carbocycles. The van der Waals surface area contributed by atoms with E-state index in [-0.39, 0.29) is 24.3 Å². The summed E-state index contributed by atoms with van der Waals surface area (Å²) in [6, 6.07) is 6.50. The highest BCUT2D eigenvalue weighted by molar-refractivity contribution is 6.30. The van der Waals surface area contributed by atoms with Crippen molar-refractivity contribution >= 4 is 29.5 Å². The number of hydrogen-bond donors (Lipinski definition) is 2. The summed E-state index contributed by atoms with van der Waals surface area (Å²) in [4.78, 5) is 42.4. The number of aliphatic hydroxyl groups is 1. The topological polar surface area (TPSA) is 99.2 Å². The van der Waals surface area contributed by atoms with Crippen LogP contribution in [-0.4, -0.2) is 70.6 Å². The highest BCUT2D eigenvalue weighted by Gasteiger charge is 2.50. The van der Waals surface area contributed by atoms with Crippen LogP contribution in [0.4, 0.5) is 4.79 Å². The summed E-state index contributed by atoms with van der Waals surface area (Å²) in [5.41, 5.74) is -1.56. The van der Waals surface area contributed by atoms with Crippen molar-refractivity contribution in [3.05, 3.63) is 34.9 Å². The van der Waals surface area contributed by atoms with Gasteiger partial charge in [0.25, 0.3) is 0 Å². The summed E-state index contributed by atoms with van der Waals surface area (Å²) >= 11 is 6.04. The van der Waals surface area contributed by atoms with Crippen LogP contribution in [0.1, 0.15) is 66.9 Å². The molecule has 0 unspecified atom stereocenters. The summed E-state index contributed by atoms with van der Waals surface area (Å²) in [5.74, 6) is -0.905. The minimum absolute atomic E-state index is 0.125. The van der Waals surface area contributed by atoms with Crippen molar-refractivity contribution in [3.8, 4) is 0 Å². The van der Waals surface area contributed by atoms with E-state index in [2.05, 4.69) is 5.32 Å². The summed E-state index contributed by atoms with van der Waals surface area (Å²) < 4.78 is 5.43. The molecule has 3 amide bonds. The number of likely N-dealkylation sites (tertiary alicyclic amines) is 2. The van der Waals surface area contributed by atoms with Crippen LogP contribution >= 0.6 is 11.6 Å². The van der Waals surface area contributed by atoms with Gasteiger partial charge in [0.15, 0.2) is 0 Å². The highest BCUT2D eigenvalue weighted by atomic mass is 35.5. The van der Waals surface area contributed by atoms with E-state index in [1.165, 1.54) is 0 Å². The predicted molar refractivity (Wildman–Crippen MR) is 143 cm³/mol. The largest absolute Gasteiger partial charge is 0.444 e. The number of carbonyl (C=O) groups is 3. The Bertz CT molecular complexity index is 1000. The van der Waals surface area contributed by atoms with Gasteiger partial charge >= 0.3 is 6.09 Å². The Morgan fingerprint density at radius 2 is 1.73 bits per heavy atom. The molecule has 0 aromatic heterocycles. The molecule has 2 saturated heterocycles. The number of piperidine rings is 1. The van der Waals surface area contributed by atoms with Crippen LogP contribution in [0, 0.1) is 17.3 Å². The van der Waals surface area contributed by atoms with E-state index in [4.69, 9.17) is 16.3 Å². The fourth-order valence-electron chi connectivity index (χ4n) is 5.22. The van der Waals surface area contributed by atoms with Crippen LogP contribution in [0.3, 0.4) is 0 Å². The number of halogens is 1. The monoisotopic (exact) mass is 535 g/mol. The van der Waals surface area contributed by atoms with Crippen LogP contribution in [0.2, 0.25) is 5.02 Å². The van der Waals surface area contributed by atoms with Crippen LogP contribution in [-0.2, 0) is 19.9 Å². The zero-order valence-electron chi connectivity index (χ0n) is 23.1. The number of amides is 3. The zero-order chi connectivity index (χ0) is 27.8. The van der Waals surface area contributed by atoms with Gasteiger partial charge < -0.3 is 25.0 Å². The Balaban J connectivity index is 1.65. The first-order chi connectivity index (χ1) is 17.0. The molecule has 2 aliphatic rings. The van der Waals surface area contributed by atoms with Crippen molar-refractivity contribution in [2.75, 3.05) is 26.2 Å². The molecule has 2 heterocycles. The number of rotatable bonds is 5. The first-order valence-electron chi connectivity index (χ1n) is 13.1. The quantitative estimate of drug-likeness (QED) is 0.589. The SMILES string of the molecule is CC(C)[C@@H](NC(=O)[C@@H]1CCN(C(=O)OC(C)(C)C)C1)C(=O)N1CC[C@](O)(c2ccc(Cl)cc2)C(C)(C)C1. The molecular weight excluding hydrogens is 494 g/mol. The summed E-state index contributed by atoms with van der Waals surface area (Å²) in [6.45, 7) is 14.6. The van der Waals surface area contributed by atoms with Gasteiger partial charge in [-0.1, -0.05) is 51.4 Å². The molecule has 37 heavy (non-hydrogen) atoms. The average Bonchev–Trinajstić information content (AvgIpc) is 3.28. The highest BCUT2D eigenvalue weighted by Crippen LogP contribution is 2.46. The third kappa shape index (κ3) is 6.58. The van der Waals surface area contributed by atoms with Gasteiger partial charge in [-0.25, -0.2) is 4.79 Å². The molecule has 0 spiro atoms. The Kier molecular flexibility index (Phi) is 8.54. The molecule has 206 valence electrons. The molecule has 1 aromatic rings. The maximum absolute atomic E-state index is 13.6. The number of benzene rings is 1. The number of nitrogens with zero attached hydrogens (tertiary/aromatic N) is 2. The lowest BCUT2D eigenvalue weighted by Gasteiger charge is -2.51. The lowest BCUT2D eigenvalue weighted by Crippen LogP contribution is -2.60. The first kappa shape index (κ1) is 29.2. The van der Waals surface area contributed by atoms with Gasteiger partial charge in [0.2, 0.25) is 11.8 Å². The second kappa shape index (κ2) is 10.8. The molecule has 8 nitrogen and oxygen atoms in total. The third-order valence-electron chi connectivity index (χ3n) is 7.52. The second-order valence-corrected chi connectivity index (χ2v) is 12.8. The summed E-state index contributed by atoms with van der Waals surface area (Å²) in [7, 11) is 0. The van der Waals surface area contributed by atoms with Crippen LogP contribution in [0.15, 0.2) is 24.3 Å². The number of ether oxygens (including phenoxy) is 1. The molecule has 3 atom stereocenters. The Morgan fingerprint density at radius 3 is 2.27 bits per heavy atom. The molecule has 0 radical (unpaired) electrons. The lowest BCUT2D eigenvalue weighted by atomic mass is 9.66. The molecule has 0 bridgehead atoms. The Labute approximate surface area is 225 Å². The van der Waals surface area contributed by atoms with Gasteiger partial charge in [0.1, 0.15) is 11.6 Å². The minimum atomic E-state index is -1.11. The van der Waals surface area contributed by atoms with Gasteiger partial charge in [0.05, 0.1) is 11.5 Å². The molecule has 0 saturated carbocycles. The van der Waals surface area contributed by atoms with Crippen molar-refractivity contribution in [1.29, 1.82) is 0 Å². The average molecular weight is 536 g/mol. The van der Waals surface area contributed by atoms with Gasteiger partial charge in [-0.2, -0.15) is 0 Å². The van der Waals surface area contributed by atoms with Crippen LogP contribution in [0.25, 0.3) is 0 Å². The molecule has 1 aromatic carbocycles. The molecule has 9 heteroatoms. The van der Waals surface area contributed by atoms with Crippen LogP contribution in [0.5, 0.6) is 0 Å². The van der Waals surface area contributed by atoms with Crippen LogP contribution < -0.4 is 5.32 Å². The molecular formula is C28H42ClN3O5. The van der Waals surface area contributed by atoms with Crippen molar-refractivity contribution in [3.63, 3.8) is 0 Å². The number of carbonyl (C=O) groups excluding carboxylic acids is 3. The summed E-state index contributed by atoms with van der Waals surface area (Å²) in [6.07, 6.45) is 0.470. The van der Waals surface area contributed by atoms with E-state index in [9.17, 15) is 19.5 Å². The normalized spacial score (nSPS) is 24.6. The second-order valence-electron chi connectivity index (χ2n) is 12.4. The van der Waals surface area contributed by atoms with Gasteiger partial charge in [0, 0.05) is 36.6 Å². The van der Waals surface area contributed by atoms with E-state index in [1.807, 2.05) is 60.6 Å². The molecule has 2 N–H and O–H groups in total. The first-order valence-corrected chi connectivity index (χ1v) is 13.5. The van der Waals surface area contributed by atoms with E-state index in [0.717, 1.165) is 5.56 Å². The Morgan fingerprint density at radius 1 is 1.11 bits per heavy atom. The zero-order valence-corrected chi connectivity index (χ0v) is 23.9. The molecule has 3 rings (SSSR count). The van der Waals surface area contributed by atoms with Crippen molar-refractivity contribution in [2.45, 2.75) is 78.6 Å². The minimum Gasteiger partial charge on any atom is -0.444 e. The smallest absolute Gasteiger partial charge is 0.410 e. The van der Waals surface area contributed by atoms with Gasteiger partial charge in [-0.05, 0) is 57.2 Å². The maximum atomic E-state index is 13.6. The summed E-state index contributed by atoms with van der Waals surface area (Å²) in [5, 5.41) is 15.2. The van der Waals surface area contributed by atoms with E-state index in [1.54, 1.807) is 21.9 Å². The van der Waals surface area contributed by atoms with Gasteiger partial charge in [-0.3, -0.25) is 9.59 Å². The van der Waals surface area contributed by atoms with E-state index in [0.29, 0.717) is 37.5 Å². The van der Waals surface area contributed by atoms with E-state index < -0.39 is 34.7 Å². The predicted octanol–water partition coefficient (Wildman–Crippen LogP) is 4.18.